The van der Waals surface area contributed by atoms with Crippen LogP contribution in [-0.2, 0) is 0 Å². The molecule has 1 aromatic carbocycles. The second-order valence-electron chi connectivity index (χ2n) is 6.71. The van der Waals surface area contributed by atoms with Gasteiger partial charge in [0, 0.05) is 6.04 Å². The Balaban J connectivity index is 1.65. The summed E-state index contributed by atoms with van der Waals surface area (Å²) in [5.41, 5.74) is 1.17. The third kappa shape index (κ3) is 3.11. The van der Waals surface area contributed by atoms with Crippen molar-refractivity contribution < 1.29 is 18.3 Å². The van der Waals surface area contributed by atoms with Crippen molar-refractivity contribution >= 4 is 11.7 Å². The Hall–Kier alpha value is -2.64. The van der Waals surface area contributed by atoms with Crippen LogP contribution in [0.15, 0.2) is 30.5 Å². The van der Waals surface area contributed by atoms with E-state index >= 15 is 0 Å². The first-order chi connectivity index (χ1) is 12.6. The van der Waals surface area contributed by atoms with Crippen LogP contribution in [0, 0.1) is 0 Å². The Morgan fingerprint density at radius 2 is 2.08 bits per heavy atom. The smallest absolute Gasteiger partial charge is 0.260 e. The Bertz CT molecular complexity index is 802. The number of aromatic nitrogens is 2. The van der Waals surface area contributed by atoms with Gasteiger partial charge in [-0.15, -0.1) is 0 Å². The molecule has 2 aromatic rings. The van der Waals surface area contributed by atoms with Crippen molar-refractivity contribution in [3.8, 4) is 5.75 Å². The molecule has 0 spiro atoms. The van der Waals surface area contributed by atoms with Crippen molar-refractivity contribution in [1.82, 2.24) is 15.1 Å². The maximum Gasteiger partial charge on any atom is 0.260 e. The molecule has 4 rings (SSSR count). The third-order valence-corrected chi connectivity index (χ3v) is 4.86. The molecule has 1 amide bonds. The highest BCUT2D eigenvalue weighted by molar-refractivity contribution is 5.99. The van der Waals surface area contributed by atoms with E-state index in [2.05, 4.69) is 15.7 Å². The summed E-state index contributed by atoms with van der Waals surface area (Å²) in [7, 11) is 1.57. The van der Waals surface area contributed by atoms with Gasteiger partial charge in [0.05, 0.1) is 19.3 Å². The van der Waals surface area contributed by atoms with Crippen molar-refractivity contribution in [2.75, 3.05) is 12.4 Å². The molecule has 1 aliphatic carbocycles. The number of ether oxygens (including phenoxy) is 1. The van der Waals surface area contributed by atoms with Crippen molar-refractivity contribution in [3.63, 3.8) is 0 Å². The first-order valence-electron chi connectivity index (χ1n) is 8.64. The van der Waals surface area contributed by atoms with Crippen molar-refractivity contribution in [1.29, 1.82) is 0 Å². The molecule has 1 aromatic heterocycles. The van der Waals surface area contributed by atoms with E-state index < -0.39 is 12.5 Å². The molecule has 1 aliphatic heterocycles. The molecule has 2 N–H and O–H groups in total. The van der Waals surface area contributed by atoms with Gasteiger partial charge in [0.15, 0.2) is 0 Å². The monoisotopic (exact) mass is 362 g/mol. The number of nitrogens with zero attached hydrogens (tertiary/aromatic N) is 2. The summed E-state index contributed by atoms with van der Waals surface area (Å²) in [6, 6.07) is 6.04. The molecule has 0 unspecified atom stereocenters. The summed E-state index contributed by atoms with van der Waals surface area (Å²) in [5, 5.41) is 10.2. The molecule has 26 heavy (non-hydrogen) atoms. The first kappa shape index (κ1) is 16.8. The zero-order valence-electron chi connectivity index (χ0n) is 14.3. The summed E-state index contributed by atoms with van der Waals surface area (Å²) in [6.45, 7) is 0. The highest BCUT2D eigenvalue weighted by Crippen LogP contribution is 2.39. The average molecular weight is 362 g/mol. The van der Waals surface area contributed by atoms with Gasteiger partial charge >= 0.3 is 0 Å². The van der Waals surface area contributed by atoms with E-state index in [0.29, 0.717) is 17.1 Å². The predicted octanol–water partition coefficient (Wildman–Crippen LogP) is 3.15. The Morgan fingerprint density at radius 1 is 1.35 bits per heavy atom. The summed E-state index contributed by atoms with van der Waals surface area (Å²) in [4.78, 5) is 12.4. The number of carbonyl (C=O) groups excluding carboxylic acids is 1. The van der Waals surface area contributed by atoms with Gasteiger partial charge < -0.3 is 15.4 Å². The van der Waals surface area contributed by atoms with Crippen LogP contribution in [0.1, 0.15) is 47.3 Å². The van der Waals surface area contributed by atoms with E-state index in [1.165, 1.54) is 10.9 Å². The van der Waals surface area contributed by atoms with Crippen LogP contribution in [0.2, 0.25) is 0 Å². The van der Waals surface area contributed by atoms with Gasteiger partial charge in [-0.3, -0.25) is 4.79 Å². The number of alkyl halides is 2. The van der Waals surface area contributed by atoms with Crippen LogP contribution < -0.4 is 15.4 Å². The van der Waals surface area contributed by atoms with Crippen molar-refractivity contribution in [3.05, 3.63) is 41.6 Å². The standard InChI is InChI=1S/C18H20F2N4O2/c1-26-12-6-2-10(3-7-12)14-8-15(16(19)20)24-17(23-14)13(9-21-24)18(25)22-11-4-5-11/h2-3,6-7,9,11,14-16,23H,4-5,8H2,1H3,(H,22,25)/t14-,15-/m0/s1. The zero-order chi connectivity index (χ0) is 18.3. The van der Waals surface area contributed by atoms with Crippen LogP contribution in [0.4, 0.5) is 14.6 Å². The summed E-state index contributed by atoms with van der Waals surface area (Å²) in [5.74, 6) is 0.773. The van der Waals surface area contributed by atoms with E-state index in [0.717, 1.165) is 18.4 Å². The lowest BCUT2D eigenvalue weighted by atomic mass is 9.97. The molecule has 1 fully saturated rings. The minimum absolute atomic E-state index is 0.183. The van der Waals surface area contributed by atoms with E-state index in [9.17, 15) is 13.6 Å². The highest BCUT2D eigenvalue weighted by atomic mass is 19.3. The fourth-order valence-corrected chi connectivity index (χ4v) is 3.25. The minimum Gasteiger partial charge on any atom is -0.497 e. The van der Waals surface area contributed by atoms with E-state index in [-0.39, 0.29) is 24.4 Å². The largest absolute Gasteiger partial charge is 0.497 e. The SMILES string of the molecule is COc1ccc([C@@H]2C[C@@H](C(F)F)n3ncc(C(=O)NC4CC4)c3N2)cc1. The molecule has 0 radical (unpaired) electrons. The third-order valence-electron chi connectivity index (χ3n) is 4.86. The summed E-state index contributed by atoms with van der Waals surface area (Å²) in [6.07, 6.45) is 0.887. The number of halogens is 2. The van der Waals surface area contributed by atoms with Gasteiger partial charge in [-0.1, -0.05) is 12.1 Å². The van der Waals surface area contributed by atoms with Gasteiger partial charge in [0.1, 0.15) is 23.2 Å². The van der Waals surface area contributed by atoms with Crippen LogP contribution in [0.5, 0.6) is 5.75 Å². The van der Waals surface area contributed by atoms with Crippen LogP contribution >= 0.6 is 0 Å². The minimum atomic E-state index is -2.57. The summed E-state index contributed by atoms with van der Waals surface area (Å²) < 4.78 is 33.6. The Labute approximate surface area is 149 Å². The second kappa shape index (κ2) is 6.59. The van der Waals surface area contributed by atoms with Crippen molar-refractivity contribution in [2.45, 2.75) is 43.8 Å². The Kier molecular flexibility index (Phi) is 4.26. The summed E-state index contributed by atoms with van der Waals surface area (Å²) >= 11 is 0. The van der Waals surface area contributed by atoms with Crippen LogP contribution in [0.3, 0.4) is 0 Å². The maximum atomic E-state index is 13.6. The molecule has 138 valence electrons. The second-order valence-corrected chi connectivity index (χ2v) is 6.71. The molecule has 0 bridgehead atoms. The van der Waals surface area contributed by atoms with Gasteiger partial charge in [-0.2, -0.15) is 5.10 Å². The van der Waals surface area contributed by atoms with Crippen LogP contribution in [0.25, 0.3) is 0 Å². The van der Waals surface area contributed by atoms with Gasteiger partial charge in [-0.05, 0) is 37.0 Å². The lowest BCUT2D eigenvalue weighted by Crippen LogP contribution is -2.32. The number of methoxy groups -OCH3 is 1. The Morgan fingerprint density at radius 3 is 2.69 bits per heavy atom. The number of amides is 1. The van der Waals surface area contributed by atoms with Crippen molar-refractivity contribution in [2.24, 2.45) is 0 Å². The number of hydrogen-bond acceptors (Lipinski definition) is 4. The molecule has 2 heterocycles. The maximum absolute atomic E-state index is 13.6. The number of rotatable bonds is 5. The van der Waals surface area contributed by atoms with Gasteiger partial charge in [0.2, 0.25) is 0 Å². The lowest BCUT2D eigenvalue weighted by Gasteiger charge is -2.32. The van der Waals surface area contributed by atoms with E-state index in [1.54, 1.807) is 19.2 Å². The fraction of sp³-hybridized carbons (Fsp3) is 0.444. The normalized spacial score (nSPS) is 21.8. The van der Waals surface area contributed by atoms with Gasteiger partial charge in [0.25, 0.3) is 12.3 Å². The number of anilines is 1. The zero-order valence-corrected chi connectivity index (χ0v) is 14.3. The fourth-order valence-electron chi connectivity index (χ4n) is 3.25. The quantitative estimate of drug-likeness (QED) is 0.857. The predicted molar refractivity (Wildman–Crippen MR) is 91.7 cm³/mol. The van der Waals surface area contributed by atoms with E-state index in [4.69, 9.17) is 4.74 Å². The highest BCUT2D eigenvalue weighted by Gasteiger charge is 2.37. The van der Waals surface area contributed by atoms with Crippen LogP contribution in [-0.4, -0.2) is 35.3 Å². The lowest BCUT2D eigenvalue weighted by molar-refractivity contribution is 0.0656. The molecule has 0 saturated heterocycles. The molecule has 2 aliphatic rings. The molecular formula is C18H20F2N4O2. The van der Waals surface area contributed by atoms with E-state index in [1.807, 2.05) is 12.1 Å². The number of carbonyl (C=O) groups is 1. The molecule has 2 atom stereocenters. The first-order valence-corrected chi connectivity index (χ1v) is 8.64. The average Bonchev–Trinajstić information content (AvgIpc) is 3.35. The number of hydrogen-bond donors (Lipinski definition) is 2. The topological polar surface area (TPSA) is 68.2 Å². The van der Waals surface area contributed by atoms with Gasteiger partial charge in [-0.25, -0.2) is 13.5 Å². The number of fused-ring (bicyclic) bond motifs is 1. The molecular weight excluding hydrogens is 342 g/mol. The number of nitrogens with one attached hydrogen (secondary N) is 2. The molecule has 1 saturated carbocycles. The molecule has 8 heteroatoms. The number of benzene rings is 1. The molecule has 6 nitrogen and oxygen atoms in total.